The third kappa shape index (κ3) is 4.39. The van der Waals surface area contributed by atoms with E-state index in [1.165, 1.54) is 28.4 Å². The van der Waals surface area contributed by atoms with E-state index >= 15 is 0 Å². The number of aryl methyl sites for hydroxylation is 2. The molecule has 5 heteroatoms. The molecule has 0 spiro atoms. The summed E-state index contributed by atoms with van der Waals surface area (Å²) in [6, 6.07) is 17.2. The maximum absolute atomic E-state index is 12.1. The van der Waals surface area contributed by atoms with Gasteiger partial charge in [-0.3, -0.25) is 4.79 Å². The van der Waals surface area contributed by atoms with Crippen LogP contribution < -0.4 is 10.0 Å². The summed E-state index contributed by atoms with van der Waals surface area (Å²) in [7, 11) is 0. The molecule has 0 radical (unpaired) electrons. The van der Waals surface area contributed by atoms with Crippen molar-refractivity contribution < 1.29 is 9.52 Å². The average Bonchev–Trinajstić information content (AvgIpc) is 2.60. The molecule has 1 aromatic heterocycles. The maximum atomic E-state index is 12.1. The third-order valence-electron chi connectivity index (χ3n) is 3.86. The van der Waals surface area contributed by atoms with Gasteiger partial charge in [0.05, 0.1) is 0 Å². The van der Waals surface area contributed by atoms with Crippen molar-refractivity contribution in [3.05, 3.63) is 88.9 Å². The van der Waals surface area contributed by atoms with Gasteiger partial charge in [-0.25, -0.2) is 0 Å². The van der Waals surface area contributed by atoms with Crippen molar-refractivity contribution in [3.63, 3.8) is 0 Å². The number of pyridine rings is 1. The summed E-state index contributed by atoms with van der Waals surface area (Å²) in [5.74, 6) is -0.306. The zero-order valence-corrected chi connectivity index (χ0v) is 14.8. The molecule has 0 saturated carbocycles. The van der Waals surface area contributed by atoms with Crippen LogP contribution in [0.15, 0.2) is 76.8 Å². The Morgan fingerprint density at radius 3 is 2.40 bits per heavy atom. The van der Waals surface area contributed by atoms with E-state index in [0.29, 0.717) is 16.0 Å². The molecule has 3 rings (SSSR count). The number of nitrogens with one attached hydrogen (secondary N) is 1. The SMILES string of the molecule is Cc1ccc(Sc2ccc(NC(=O)c3ccc[n+]([O-])c3)cc2)cc1C. The highest BCUT2D eigenvalue weighted by molar-refractivity contribution is 7.99. The Bertz CT molecular complexity index is 908. The predicted molar refractivity (Wildman–Crippen MR) is 99.8 cm³/mol. The van der Waals surface area contributed by atoms with Crippen LogP contribution in [0.4, 0.5) is 5.69 Å². The lowest BCUT2D eigenvalue weighted by Gasteiger charge is -2.08. The Morgan fingerprint density at radius 1 is 1.00 bits per heavy atom. The molecule has 1 heterocycles. The number of rotatable bonds is 4. The van der Waals surface area contributed by atoms with E-state index in [0.717, 1.165) is 4.90 Å². The van der Waals surface area contributed by atoms with Crippen molar-refractivity contribution in [2.45, 2.75) is 23.6 Å². The first-order chi connectivity index (χ1) is 12.0. The van der Waals surface area contributed by atoms with Gasteiger partial charge in [0.2, 0.25) is 0 Å². The Morgan fingerprint density at radius 2 is 1.72 bits per heavy atom. The van der Waals surface area contributed by atoms with Gasteiger partial charge < -0.3 is 10.5 Å². The predicted octanol–water partition coefficient (Wildman–Crippen LogP) is 4.34. The lowest BCUT2D eigenvalue weighted by Crippen LogP contribution is -2.27. The van der Waals surface area contributed by atoms with Crippen molar-refractivity contribution in [2.24, 2.45) is 0 Å². The number of aromatic nitrogens is 1. The van der Waals surface area contributed by atoms with Gasteiger partial charge in [-0.05, 0) is 67.4 Å². The molecule has 1 N–H and O–H groups in total. The lowest BCUT2D eigenvalue weighted by molar-refractivity contribution is -0.605. The highest BCUT2D eigenvalue weighted by Crippen LogP contribution is 2.29. The molecule has 1 amide bonds. The number of benzene rings is 2. The molecule has 3 aromatic rings. The summed E-state index contributed by atoms with van der Waals surface area (Å²) in [5.41, 5.74) is 3.57. The Kier molecular flexibility index (Phi) is 5.05. The van der Waals surface area contributed by atoms with E-state index in [-0.39, 0.29) is 5.91 Å². The molecule has 0 aliphatic rings. The van der Waals surface area contributed by atoms with Gasteiger partial charge in [-0.2, -0.15) is 4.73 Å². The number of hydrogen-bond donors (Lipinski definition) is 1. The van der Waals surface area contributed by atoms with E-state index < -0.39 is 0 Å². The topological polar surface area (TPSA) is 56.0 Å². The van der Waals surface area contributed by atoms with Gasteiger partial charge in [-0.15, -0.1) is 0 Å². The number of carbonyl (C=O) groups excluding carboxylic acids is 1. The van der Waals surface area contributed by atoms with Crippen LogP contribution in [0, 0.1) is 19.1 Å². The van der Waals surface area contributed by atoms with Crippen LogP contribution in [-0.4, -0.2) is 5.91 Å². The molecule has 0 aliphatic heterocycles. The van der Waals surface area contributed by atoms with E-state index in [1.54, 1.807) is 23.9 Å². The van der Waals surface area contributed by atoms with Gasteiger partial charge in [0.15, 0.2) is 12.4 Å². The highest BCUT2D eigenvalue weighted by Gasteiger charge is 2.09. The monoisotopic (exact) mass is 350 g/mol. The first-order valence-corrected chi connectivity index (χ1v) is 8.68. The third-order valence-corrected chi connectivity index (χ3v) is 4.86. The first-order valence-electron chi connectivity index (χ1n) is 7.86. The van der Waals surface area contributed by atoms with Gasteiger partial charge in [-0.1, -0.05) is 17.8 Å². The van der Waals surface area contributed by atoms with E-state index in [2.05, 4.69) is 37.4 Å². The Hall–Kier alpha value is -2.79. The normalized spacial score (nSPS) is 10.5. The van der Waals surface area contributed by atoms with Crippen molar-refractivity contribution >= 4 is 23.4 Å². The fourth-order valence-electron chi connectivity index (χ4n) is 2.31. The molecule has 0 unspecified atom stereocenters. The molecule has 0 bridgehead atoms. The second-order valence-corrected chi connectivity index (χ2v) is 6.93. The van der Waals surface area contributed by atoms with Gasteiger partial charge in [0.1, 0.15) is 5.56 Å². The van der Waals surface area contributed by atoms with E-state index in [1.807, 2.05) is 24.3 Å². The van der Waals surface area contributed by atoms with Crippen LogP contribution in [0.25, 0.3) is 0 Å². The Labute approximate surface area is 151 Å². The lowest BCUT2D eigenvalue weighted by atomic mass is 10.1. The summed E-state index contributed by atoms with van der Waals surface area (Å²) in [6.45, 7) is 4.20. The second-order valence-electron chi connectivity index (χ2n) is 5.78. The Balaban J connectivity index is 1.67. The van der Waals surface area contributed by atoms with Crippen molar-refractivity contribution in [1.82, 2.24) is 0 Å². The minimum atomic E-state index is -0.306. The summed E-state index contributed by atoms with van der Waals surface area (Å²) in [5, 5.41) is 14.0. The molecule has 126 valence electrons. The van der Waals surface area contributed by atoms with Gasteiger partial charge in [0.25, 0.3) is 5.91 Å². The maximum Gasteiger partial charge on any atom is 0.261 e. The summed E-state index contributed by atoms with van der Waals surface area (Å²) in [6.07, 6.45) is 2.59. The van der Waals surface area contributed by atoms with E-state index in [4.69, 9.17) is 0 Å². The number of hydrogen-bond acceptors (Lipinski definition) is 3. The fraction of sp³-hybridized carbons (Fsp3) is 0.100. The summed E-state index contributed by atoms with van der Waals surface area (Å²) >= 11 is 1.68. The van der Waals surface area contributed by atoms with Crippen LogP contribution in [0.5, 0.6) is 0 Å². The van der Waals surface area contributed by atoms with Crippen LogP contribution >= 0.6 is 11.8 Å². The highest BCUT2D eigenvalue weighted by atomic mass is 32.2. The molecule has 0 atom stereocenters. The van der Waals surface area contributed by atoms with E-state index in [9.17, 15) is 10.0 Å². The number of anilines is 1. The molecule has 0 saturated heterocycles. The summed E-state index contributed by atoms with van der Waals surface area (Å²) < 4.78 is 0.609. The molecule has 2 aromatic carbocycles. The first kappa shape index (κ1) is 17.0. The number of amides is 1. The van der Waals surface area contributed by atoms with Gasteiger partial charge >= 0.3 is 0 Å². The zero-order valence-electron chi connectivity index (χ0n) is 14.0. The minimum absolute atomic E-state index is 0.306. The second kappa shape index (κ2) is 7.40. The molecule has 4 nitrogen and oxygen atoms in total. The molecular formula is C20H18N2O2S. The van der Waals surface area contributed by atoms with Crippen LogP contribution in [0.2, 0.25) is 0 Å². The average molecular weight is 350 g/mol. The fourth-order valence-corrected chi connectivity index (χ4v) is 3.23. The number of nitrogens with zero attached hydrogens (tertiary/aromatic N) is 1. The van der Waals surface area contributed by atoms with Crippen molar-refractivity contribution in [2.75, 3.05) is 5.32 Å². The molecule has 0 fully saturated rings. The summed E-state index contributed by atoms with van der Waals surface area (Å²) in [4.78, 5) is 14.4. The molecule has 0 aliphatic carbocycles. The molecular weight excluding hydrogens is 332 g/mol. The van der Waals surface area contributed by atoms with Crippen LogP contribution in [-0.2, 0) is 0 Å². The molecule has 25 heavy (non-hydrogen) atoms. The van der Waals surface area contributed by atoms with Crippen LogP contribution in [0.1, 0.15) is 21.5 Å². The van der Waals surface area contributed by atoms with Gasteiger partial charge in [0, 0.05) is 21.5 Å². The standard InChI is InChI=1S/C20H18N2O2S/c1-14-5-8-19(12-15(14)2)25-18-9-6-17(7-10-18)21-20(23)16-4-3-11-22(24)13-16/h3-13H,1-2H3,(H,21,23). The van der Waals surface area contributed by atoms with Crippen LogP contribution in [0.3, 0.4) is 0 Å². The quantitative estimate of drug-likeness (QED) is 0.562. The van der Waals surface area contributed by atoms with Crippen molar-refractivity contribution in [1.29, 1.82) is 0 Å². The smallest absolute Gasteiger partial charge is 0.261 e. The largest absolute Gasteiger partial charge is 0.619 e. The number of carbonyl (C=O) groups is 1. The zero-order chi connectivity index (χ0) is 17.8. The van der Waals surface area contributed by atoms with Crippen molar-refractivity contribution in [3.8, 4) is 0 Å². The minimum Gasteiger partial charge on any atom is -0.619 e.